The van der Waals surface area contributed by atoms with Crippen molar-refractivity contribution in [1.82, 2.24) is 4.57 Å². The zero-order valence-electron chi connectivity index (χ0n) is 23.8. The van der Waals surface area contributed by atoms with Crippen LogP contribution < -0.4 is 24.4 Å². The van der Waals surface area contributed by atoms with Crippen molar-refractivity contribution in [3.05, 3.63) is 125 Å². The maximum Gasteiger partial charge on any atom is 0.338 e. The smallest absolute Gasteiger partial charge is 0.338 e. The molecule has 9 heteroatoms. The molecule has 216 valence electrons. The summed E-state index contributed by atoms with van der Waals surface area (Å²) in [5.41, 5.74) is 4.17. The Morgan fingerprint density at radius 1 is 1.00 bits per heavy atom. The molecule has 3 aromatic carbocycles. The maximum atomic E-state index is 13.9. The van der Waals surface area contributed by atoms with Gasteiger partial charge in [-0.2, -0.15) is 0 Å². The summed E-state index contributed by atoms with van der Waals surface area (Å²) in [6.45, 7) is 8.39. The molecular weight excluding hydrogens is 572 g/mol. The first-order valence-electron chi connectivity index (χ1n) is 13.7. The van der Waals surface area contributed by atoms with Gasteiger partial charge in [0.05, 0.1) is 35.1 Å². The Hall–Kier alpha value is -4.14. The van der Waals surface area contributed by atoms with Crippen molar-refractivity contribution in [3.63, 3.8) is 0 Å². The second kappa shape index (κ2) is 12.8. The number of fused-ring (bicyclic) bond motifs is 1. The van der Waals surface area contributed by atoms with Crippen molar-refractivity contribution in [1.29, 1.82) is 0 Å². The fourth-order valence-electron chi connectivity index (χ4n) is 4.78. The lowest BCUT2D eigenvalue weighted by Gasteiger charge is -2.24. The highest BCUT2D eigenvalue weighted by molar-refractivity contribution is 7.07. The topological polar surface area (TPSA) is 79.1 Å². The minimum Gasteiger partial charge on any atom is -0.490 e. The lowest BCUT2D eigenvalue weighted by atomic mass is 9.95. The minimum atomic E-state index is -0.650. The largest absolute Gasteiger partial charge is 0.490 e. The van der Waals surface area contributed by atoms with Crippen molar-refractivity contribution >= 4 is 35.0 Å². The minimum absolute atomic E-state index is 0.223. The third kappa shape index (κ3) is 6.05. The SMILES string of the molecule is CCOC(=O)C1=C(C)N=c2s/c(=C\c3ccc(OCc4ccccc4Cl)c(OCC)c3)c(=O)n2[C@H]1c1ccc(C)cc1. The fraction of sp³-hybridized carbons (Fsp3) is 0.242. The highest BCUT2D eigenvalue weighted by Crippen LogP contribution is 2.32. The molecule has 0 bridgehead atoms. The zero-order chi connectivity index (χ0) is 29.8. The molecule has 5 rings (SSSR count). The van der Waals surface area contributed by atoms with Crippen molar-refractivity contribution in [2.75, 3.05) is 13.2 Å². The summed E-state index contributed by atoms with van der Waals surface area (Å²) in [5.74, 6) is 0.654. The molecule has 7 nitrogen and oxygen atoms in total. The number of hydrogen-bond donors (Lipinski definition) is 0. The van der Waals surface area contributed by atoms with Crippen LogP contribution in [0.1, 0.15) is 49.1 Å². The Bertz CT molecular complexity index is 1840. The predicted octanol–water partition coefficient (Wildman–Crippen LogP) is 5.74. The van der Waals surface area contributed by atoms with E-state index in [1.807, 2.05) is 80.6 Å². The number of aryl methyl sites for hydroxylation is 1. The number of carbonyl (C=O) groups is 1. The van der Waals surface area contributed by atoms with E-state index in [0.717, 1.165) is 22.3 Å². The molecule has 4 aromatic rings. The van der Waals surface area contributed by atoms with E-state index >= 15 is 0 Å². The van der Waals surface area contributed by atoms with Crippen LogP contribution in [0.15, 0.2) is 87.8 Å². The molecule has 2 heterocycles. The Morgan fingerprint density at radius 2 is 1.76 bits per heavy atom. The molecule has 0 N–H and O–H groups in total. The van der Waals surface area contributed by atoms with Gasteiger partial charge in [-0.05, 0) is 63.1 Å². The molecule has 0 saturated carbocycles. The molecule has 1 aliphatic heterocycles. The summed E-state index contributed by atoms with van der Waals surface area (Å²) in [6, 6.07) is 20.2. The summed E-state index contributed by atoms with van der Waals surface area (Å²) >= 11 is 7.57. The molecule has 0 aliphatic carbocycles. The number of rotatable bonds is 9. The van der Waals surface area contributed by atoms with Crippen LogP contribution in [0.3, 0.4) is 0 Å². The Kier molecular flexibility index (Phi) is 8.94. The highest BCUT2D eigenvalue weighted by atomic mass is 35.5. The quantitative estimate of drug-likeness (QED) is 0.228. The number of thiazole rings is 1. The molecule has 0 unspecified atom stereocenters. The van der Waals surface area contributed by atoms with Gasteiger partial charge in [0.15, 0.2) is 16.3 Å². The van der Waals surface area contributed by atoms with Crippen molar-refractivity contribution in [3.8, 4) is 11.5 Å². The zero-order valence-corrected chi connectivity index (χ0v) is 25.4. The summed E-state index contributed by atoms with van der Waals surface area (Å²) < 4.78 is 19.4. The van der Waals surface area contributed by atoms with Gasteiger partial charge < -0.3 is 14.2 Å². The molecule has 0 saturated heterocycles. The van der Waals surface area contributed by atoms with Crippen LogP contribution in [0.4, 0.5) is 0 Å². The Morgan fingerprint density at radius 3 is 2.48 bits per heavy atom. The molecule has 0 fully saturated rings. The second-order valence-electron chi connectivity index (χ2n) is 9.73. The van der Waals surface area contributed by atoms with Gasteiger partial charge in [0, 0.05) is 10.6 Å². The van der Waals surface area contributed by atoms with Crippen LogP contribution >= 0.6 is 22.9 Å². The van der Waals surface area contributed by atoms with Crippen molar-refractivity contribution in [2.24, 2.45) is 4.99 Å². The van der Waals surface area contributed by atoms with Gasteiger partial charge in [0.1, 0.15) is 6.61 Å². The summed E-state index contributed by atoms with van der Waals surface area (Å²) in [7, 11) is 0. The van der Waals surface area contributed by atoms with Gasteiger partial charge >= 0.3 is 5.97 Å². The second-order valence-corrected chi connectivity index (χ2v) is 11.1. The Balaban J connectivity index is 1.55. The van der Waals surface area contributed by atoms with E-state index in [2.05, 4.69) is 4.99 Å². The average Bonchev–Trinajstić information content (AvgIpc) is 3.27. The number of carbonyl (C=O) groups excluding carboxylic acids is 1. The molecule has 42 heavy (non-hydrogen) atoms. The number of esters is 1. The van der Waals surface area contributed by atoms with Crippen LogP contribution in [-0.2, 0) is 16.1 Å². The van der Waals surface area contributed by atoms with Gasteiger partial charge in [-0.15, -0.1) is 0 Å². The first-order valence-corrected chi connectivity index (χ1v) is 14.9. The van der Waals surface area contributed by atoms with Gasteiger partial charge in [-0.25, -0.2) is 9.79 Å². The lowest BCUT2D eigenvalue weighted by molar-refractivity contribution is -0.139. The standard InChI is InChI=1S/C33H31ClN2O5S/c1-5-39-27-17-22(13-16-26(27)41-19-24-9-7-8-10-25(24)34)18-28-31(37)36-30(23-14-11-20(3)12-15-23)29(32(38)40-6-2)21(4)35-33(36)42-28/h7-18,30H,5-6,19H2,1-4H3/b28-18-/t30-/m0/s1. The first kappa shape index (κ1) is 29.4. The molecule has 0 radical (unpaired) electrons. The summed E-state index contributed by atoms with van der Waals surface area (Å²) in [6.07, 6.45) is 1.81. The molecular formula is C33H31ClN2O5S. The summed E-state index contributed by atoms with van der Waals surface area (Å²) in [5, 5.41) is 0.632. The van der Waals surface area contributed by atoms with E-state index in [4.69, 9.17) is 25.8 Å². The number of benzene rings is 3. The predicted molar refractivity (Wildman–Crippen MR) is 165 cm³/mol. The maximum absolute atomic E-state index is 13.9. The van der Waals surface area contributed by atoms with Crippen molar-refractivity contribution in [2.45, 2.75) is 40.3 Å². The van der Waals surface area contributed by atoms with E-state index in [9.17, 15) is 9.59 Å². The lowest BCUT2D eigenvalue weighted by Crippen LogP contribution is -2.39. The third-order valence-corrected chi connectivity index (χ3v) is 8.17. The number of allylic oxidation sites excluding steroid dienone is 1. The highest BCUT2D eigenvalue weighted by Gasteiger charge is 2.33. The van der Waals surface area contributed by atoms with Gasteiger partial charge in [-0.3, -0.25) is 9.36 Å². The van der Waals surface area contributed by atoms with E-state index in [1.165, 1.54) is 11.3 Å². The normalized spacial score (nSPS) is 14.8. The van der Waals surface area contributed by atoms with Crippen LogP contribution in [-0.4, -0.2) is 23.8 Å². The number of halogens is 1. The van der Waals surface area contributed by atoms with E-state index < -0.39 is 12.0 Å². The Labute approximate surface area is 253 Å². The molecule has 0 spiro atoms. The first-order chi connectivity index (χ1) is 20.3. The monoisotopic (exact) mass is 602 g/mol. The van der Waals surface area contributed by atoms with Gasteiger partial charge in [-0.1, -0.05) is 77.0 Å². The number of hydrogen-bond acceptors (Lipinski definition) is 7. The van der Waals surface area contributed by atoms with E-state index in [-0.39, 0.29) is 12.2 Å². The van der Waals surface area contributed by atoms with Crippen LogP contribution in [0, 0.1) is 6.92 Å². The van der Waals surface area contributed by atoms with Crippen LogP contribution in [0.5, 0.6) is 11.5 Å². The molecule has 1 atom stereocenters. The van der Waals surface area contributed by atoms with E-state index in [0.29, 0.717) is 50.3 Å². The van der Waals surface area contributed by atoms with Crippen molar-refractivity contribution < 1.29 is 19.0 Å². The third-order valence-electron chi connectivity index (χ3n) is 6.82. The van der Waals surface area contributed by atoms with Crippen LogP contribution in [0.25, 0.3) is 6.08 Å². The average molecular weight is 603 g/mol. The molecule has 1 aliphatic rings. The fourth-order valence-corrected chi connectivity index (χ4v) is 6.02. The van der Waals surface area contributed by atoms with Gasteiger partial charge in [0.25, 0.3) is 5.56 Å². The van der Waals surface area contributed by atoms with Crippen LogP contribution in [0.2, 0.25) is 5.02 Å². The molecule has 0 amide bonds. The number of aromatic nitrogens is 1. The summed E-state index contributed by atoms with van der Waals surface area (Å²) in [4.78, 5) is 32.2. The number of nitrogens with zero attached hydrogens (tertiary/aromatic N) is 2. The van der Waals surface area contributed by atoms with E-state index in [1.54, 1.807) is 24.5 Å². The van der Waals surface area contributed by atoms with Gasteiger partial charge in [0.2, 0.25) is 0 Å². The number of ether oxygens (including phenoxy) is 3. The molecule has 1 aromatic heterocycles.